The number of nitrogens with one attached hydrogen (secondary N) is 3. The summed E-state index contributed by atoms with van der Waals surface area (Å²) in [5.41, 5.74) is 7.49. The Labute approximate surface area is 182 Å². The first kappa shape index (κ1) is 22.3. The molecular formula is C23H29N5O3. The van der Waals surface area contributed by atoms with Crippen LogP contribution in [0.2, 0.25) is 0 Å². The first-order valence-electron chi connectivity index (χ1n) is 10.5. The Hall–Kier alpha value is -3.39. The molecule has 0 saturated carbocycles. The lowest BCUT2D eigenvalue weighted by molar-refractivity contribution is -0.117. The molecule has 0 unspecified atom stereocenters. The number of hydrogen-bond acceptors (Lipinski definition) is 4. The number of anilines is 1. The molecule has 2 aromatic rings. The van der Waals surface area contributed by atoms with Crippen molar-refractivity contribution < 1.29 is 14.4 Å². The molecule has 1 heterocycles. The van der Waals surface area contributed by atoms with Crippen molar-refractivity contribution in [3.05, 3.63) is 65.7 Å². The second-order valence-electron chi connectivity index (χ2n) is 7.68. The van der Waals surface area contributed by atoms with Crippen LogP contribution in [0.25, 0.3) is 0 Å². The van der Waals surface area contributed by atoms with E-state index >= 15 is 0 Å². The average Bonchev–Trinajstić information content (AvgIpc) is 2.76. The zero-order chi connectivity index (χ0) is 22.1. The van der Waals surface area contributed by atoms with E-state index in [0.717, 1.165) is 37.2 Å². The summed E-state index contributed by atoms with van der Waals surface area (Å²) in [5, 5.41) is 8.74. The molecule has 0 radical (unpaired) electrons. The van der Waals surface area contributed by atoms with Crippen molar-refractivity contribution in [1.82, 2.24) is 15.5 Å². The van der Waals surface area contributed by atoms with E-state index in [1.165, 1.54) is 0 Å². The van der Waals surface area contributed by atoms with Gasteiger partial charge in [0.05, 0.1) is 6.54 Å². The van der Waals surface area contributed by atoms with Gasteiger partial charge in [-0.3, -0.25) is 14.5 Å². The molecule has 1 aliphatic rings. The molecule has 5 N–H and O–H groups in total. The second kappa shape index (κ2) is 11.1. The SMILES string of the molecule is NC(=O)c1cccc(CCNC(=O)NC2CCN(CC(=O)Nc3ccccc3)CC2)c1. The lowest BCUT2D eigenvalue weighted by Crippen LogP contribution is -2.49. The Morgan fingerprint density at radius 2 is 1.74 bits per heavy atom. The van der Waals surface area contributed by atoms with Crippen LogP contribution in [0.15, 0.2) is 54.6 Å². The molecule has 4 amide bonds. The number of amides is 4. The molecule has 1 aliphatic heterocycles. The maximum absolute atomic E-state index is 12.2. The van der Waals surface area contributed by atoms with Crippen LogP contribution >= 0.6 is 0 Å². The van der Waals surface area contributed by atoms with Gasteiger partial charge in [-0.2, -0.15) is 0 Å². The van der Waals surface area contributed by atoms with Gasteiger partial charge in [0, 0.05) is 36.9 Å². The normalized spacial score (nSPS) is 14.6. The minimum Gasteiger partial charge on any atom is -0.366 e. The number of para-hydroxylation sites is 1. The van der Waals surface area contributed by atoms with E-state index in [4.69, 9.17) is 5.73 Å². The van der Waals surface area contributed by atoms with Crippen molar-refractivity contribution in [3.63, 3.8) is 0 Å². The van der Waals surface area contributed by atoms with Gasteiger partial charge in [0.15, 0.2) is 0 Å². The standard InChI is InChI=1S/C23H29N5O3/c24-22(30)18-6-4-5-17(15-18)9-12-25-23(31)27-20-10-13-28(14-11-20)16-21(29)26-19-7-2-1-3-8-19/h1-8,15,20H,9-14,16H2,(H2,24,30)(H,26,29)(H2,25,27,31). The maximum Gasteiger partial charge on any atom is 0.315 e. The van der Waals surface area contributed by atoms with Gasteiger partial charge in [0.2, 0.25) is 11.8 Å². The Balaban J connectivity index is 1.32. The van der Waals surface area contributed by atoms with Crippen molar-refractivity contribution in [3.8, 4) is 0 Å². The smallest absolute Gasteiger partial charge is 0.315 e. The third-order valence-electron chi connectivity index (χ3n) is 5.26. The predicted molar refractivity (Wildman–Crippen MR) is 120 cm³/mol. The Morgan fingerprint density at radius 3 is 2.45 bits per heavy atom. The number of primary amides is 1. The molecule has 0 spiro atoms. The maximum atomic E-state index is 12.2. The molecule has 0 bridgehead atoms. The third-order valence-corrected chi connectivity index (χ3v) is 5.26. The van der Waals surface area contributed by atoms with Gasteiger partial charge in [-0.05, 0) is 49.1 Å². The molecule has 2 aromatic carbocycles. The Kier molecular flexibility index (Phi) is 8.00. The van der Waals surface area contributed by atoms with Gasteiger partial charge in [-0.1, -0.05) is 30.3 Å². The molecule has 164 valence electrons. The Morgan fingerprint density at radius 1 is 1.00 bits per heavy atom. The van der Waals surface area contributed by atoms with Gasteiger partial charge in [0.25, 0.3) is 0 Å². The summed E-state index contributed by atoms with van der Waals surface area (Å²) < 4.78 is 0. The molecule has 1 fully saturated rings. The fraction of sp³-hybridized carbons (Fsp3) is 0.348. The van der Waals surface area contributed by atoms with E-state index in [2.05, 4.69) is 20.9 Å². The molecule has 3 rings (SSSR count). The van der Waals surface area contributed by atoms with E-state index in [1.54, 1.807) is 18.2 Å². The van der Waals surface area contributed by atoms with Crippen molar-refractivity contribution in [1.29, 1.82) is 0 Å². The van der Waals surface area contributed by atoms with Crippen LogP contribution in [0.3, 0.4) is 0 Å². The third kappa shape index (κ3) is 7.42. The van der Waals surface area contributed by atoms with E-state index in [9.17, 15) is 14.4 Å². The summed E-state index contributed by atoms with van der Waals surface area (Å²) in [6, 6.07) is 16.4. The van der Waals surface area contributed by atoms with Crippen molar-refractivity contribution in [2.45, 2.75) is 25.3 Å². The fourth-order valence-corrected chi connectivity index (χ4v) is 3.60. The monoisotopic (exact) mass is 423 g/mol. The van der Waals surface area contributed by atoms with E-state index < -0.39 is 5.91 Å². The number of nitrogens with zero attached hydrogens (tertiary/aromatic N) is 1. The lowest BCUT2D eigenvalue weighted by Gasteiger charge is -2.31. The van der Waals surface area contributed by atoms with Gasteiger partial charge in [0.1, 0.15) is 0 Å². The second-order valence-corrected chi connectivity index (χ2v) is 7.68. The summed E-state index contributed by atoms with van der Waals surface area (Å²) in [6.07, 6.45) is 2.21. The van der Waals surface area contributed by atoms with Crippen LogP contribution < -0.4 is 21.7 Å². The minimum absolute atomic E-state index is 0.0317. The first-order chi connectivity index (χ1) is 15.0. The van der Waals surface area contributed by atoms with Gasteiger partial charge < -0.3 is 21.7 Å². The summed E-state index contributed by atoms with van der Waals surface area (Å²) in [4.78, 5) is 37.7. The highest BCUT2D eigenvalue weighted by Crippen LogP contribution is 2.11. The molecule has 31 heavy (non-hydrogen) atoms. The number of carbonyl (C=O) groups is 3. The predicted octanol–water partition coefficient (Wildman–Crippen LogP) is 1.73. The molecule has 8 nitrogen and oxygen atoms in total. The topological polar surface area (TPSA) is 117 Å². The fourth-order valence-electron chi connectivity index (χ4n) is 3.60. The van der Waals surface area contributed by atoms with Gasteiger partial charge >= 0.3 is 6.03 Å². The zero-order valence-electron chi connectivity index (χ0n) is 17.5. The van der Waals surface area contributed by atoms with Crippen LogP contribution in [-0.2, 0) is 11.2 Å². The summed E-state index contributed by atoms with van der Waals surface area (Å²) in [5.74, 6) is -0.493. The van der Waals surface area contributed by atoms with Crippen LogP contribution in [0, 0.1) is 0 Å². The highest BCUT2D eigenvalue weighted by molar-refractivity contribution is 5.93. The Bertz CT molecular complexity index is 895. The number of carbonyl (C=O) groups excluding carboxylic acids is 3. The number of benzene rings is 2. The largest absolute Gasteiger partial charge is 0.366 e. The number of rotatable bonds is 8. The summed E-state index contributed by atoms with van der Waals surface area (Å²) in [6.45, 7) is 2.32. The van der Waals surface area contributed by atoms with Crippen molar-refractivity contribution in [2.75, 3.05) is 31.5 Å². The summed E-state index contributed by atoms with van der Waals surface area (Å²) in [7, 11) is 0. The van der Waals surface area contributed by atoms with E-state index in [1.807, 2.05) is 36.4 Å². The molecule has 0 atom stereocenters. The lowest BCUT2D eigenvalue weighted by atomic mass is 10.1. The van der Waals surface area contributed by atoms with Gasteiger partial charge in [-0.25, -0.2) is 4.79 Å². The molecule has 0 aromatic heterocycles. The molecular weight excluding hydrogens is 394 g/mol. The number of hydrogen-bond donors (Lipinski definition) is 4. The van der Waals surface area contributed by atoms with Crippen LogP contribution in [0.1, 0.15) is 28.8 Å². The van der Waals surface area contributed by atoms with E-state index in [0.29, 0.717) is 25.1 Å². The zero-order valence-corrected chi connectivity index (χ0v) is 17.5. The quantitative estimate of drug-likeness (QED) is 0.517. The van der Waals surface area contributed by atoms with Crippen molar-refractivity contribution >= 4 is 23.5 Å². The molecule has 0 aliphatic carbocycles. The average molecular weight is 424 g/mol. The van der Waals surface area contributed by atoms with Crippen LogP contribution in [-0.4, -0.2) is 55.0 Å². The minimum atomic E-state index is -0.462. The van der Waals surface area contributed by atoms with Gasteiger partial charge in [-0.15, -0.1) is 0 Å². The van der Waals surface area contributed by atoms with Crippen molar-refractivity contribution in [2.24, 2.45) is 5.73 Å². The van der Waals surface area contributed by atoms with Crippen LogP contribution in [0.5, 0.6) is 0 Å². The van der Waals surface area contributed by atoms with E-state index in [-0.39, 0.29) is 18.0 Å². The highest BCUT2D eigenvalue weighted by atomic mass is 16.2. The number of urea groups is 1. The van der Waals surface area contributed by atoms with Crippen LogP contribution in [0.4, 0.5) is 10.5 Å². The number of nitrogens with two attached hydrogens (primary N) is 1. The molecule has 8 heteroatoms. The number of likely N-dealkylation sites (tertiary alicyclic amines) is 1. The first-order valence-corrected chi connectivity index (χ1v) is 10.5. The number of piperidine rings is 1. The molecule has 1 saturated heterocycles. The summed E-state index contributed by atoms with van der Waals surface area (Å²) >= 11 is 0. The highest BCUT2D eigenvalue weighted by Gasteiger charge is 2.22.